The molecule has 8 nitrogen and oxygen atoms in total. The molecule has 38 heavy (non-hydrogen) atoms. The second-order valence-electron chi connectivity index (χ2n) is 7.81. The van der Waals surface area contributed by atoms with Crippen molar-refractivity contribution in [3.8, 4) is 11.5 Å². The number of hydrogen-bond donors (Lipinski definition) is 0. The third kappa shape index (κ3) is 6.48. The summed E-state index contributed by atoms with van der Waals surface area (Å²) in [5.41, 5.74) is 1.42. The standard InChI is InChI=1S/C26H20Cl2INO7S/c1-3-35-21-9-14(8-19(29)23(21)36-13-15-4-5-16(27)11-18(15)28)10-22-24(31)30(26(33)38-22)12-17-6-7-20(37-17)25(32)34-2/h4-11H,3,12-13H2,1-2H3/b22-10+. The summed E-state index contributed by atoms with van der Waals surface area (Å²) in [7, 11) is 1.23. The van der Waals surface area contributed by atoms with Gasteiger partial charge in [0.1, 0.15) is 12.4 Å². The van der Waals surface area contributed by atoms with Crippen LogP contribution in [0.5, 0.6) is 11.5 Å². The van der Waals surface area contributed by atoms with Crippen LogP contribution in [0.3, 0.4) is 0 Å². The van der Waals surface area contributed by atoms with E-state index in [2.05, 4.69) is 27.3 Å². The van der Waals surface area contributed by atoms with Crippen LogP contribution in [0.4, 0.5) is 4.79 Å². The van der Waals surface area contributed by atoms with Gasteiger partial charge < -0.3 is 18.6 Å². The highest BCUT2D eigenvalue weighted by Crippen LogP contribution is 2.38. The van der Waals surface area contributed by atoms with Gasteiger partial charge in [-0.15, -0.1) is 0 Å². The van der Waals surface area contributed by atoms with E-state index in [1.165, 1.54) is 19.2 Å². The predicted molar refractivity (Wildman–Crippen MR) is 153 cm³/mol. The highest BCUT2D eigenvalue weighted by Gasteiger charge is 2.36. The van der Waals surface area contributed by atoms with Gasteiger partial charge in [0, 0.05) is 15.6 Å². The van der Waals surface area contributed by atoms with Gasteiger partial charge in [0.25, 0.3) is 11.1 Å². The number of carbonyl (C=O) groups is 3. The van der Waals surface area contributed by atoms with E-state index in [1.54, 1.807) is 30.3 Å². The number of hydrogen-bond acceptors (Lipinski definition) is 8. The van der Waals surface area contributed by atoms with Crippen molar-refractivity contribution in [2.24, 2.45) is 0 Å². The Bertz CT molecular complexity index is 1440. The van der Waals surface area contributed by atoms with Gasteiger partial charge in [-0.05, 0) is 89.3 Å². The Morgan fingerprint density at radius 1 is 1.13 bits per heavy atom. The molecule has 2 heterocycles. The maximum Gasteiger partial charge on any atom is 0.373 e. The summed E-state index contributed by atoms with van der Waals surface area (Å²) in [5, 5.41) is 0.581. The lowest BCUT2D eigenvalue weighted by atomic mass is 10.1. The van der Waals surface area contributed by atoms with E-state index in [1.807, 2.05) is 13.0 Å². The molecular formula is C26H20Cl2INO7S. The van der Waals surface area contributed by atoms with Crippen LogP contribution < -0.4 is 9.47 Å². The molecule has 0 aliphatic carbocycles. The Balaban J connectivity index is 1.53. The first-order valence-electron chi connectivity index (χ1n) is 11.2. The predicted octanol–water partition coefficient (Wildman–Crippen LogP) is 7.19. The molecule has 1 aromatic heterocycles. The average Bonchev–Trinajstić information content (AvgIpc) is 3.45. The number of ether oxygens (including phenoxy) is 3. The quantitative estimate of drug-likeness (QED) is 0.133. The fourth-order valence-electron chi connectivity index (χ4n) is 3.48. The third-order valence-electron chi connectivity index (χ3n) is 5.25. The van der Waals surface area contributed by atoms with E-state index in [9.17, 15) is 14.4 Å². The maximum absolute atomic E-state index is 13.0. The Hall–Kier alpha value is -2.67. The molecule has 1 aliphatic rings. The first-order chi connectivity index (χ1) is 18.2. The molecule has 198 valence electrons. The molecule has 0 bridgehead atoms. The lowest BCUT2D eigenvalue weighted by Crippen LogP contribution is -2.27. The van der Waals surface area contributed by atoms with Crippen LogP contribution in [-0.4, -0.2) is 35.7 Å². The van der Waals surface area contributed by atoms with Crippen molar-refractivity contribution in [1.29, 1.82) is 0 Å². The summed E-state index contributed by atoms with van der Waals surface area (Å²) in [4.78, 5) is 38.5. The summed E-state index contributed by atoms with van der Waals surface area (Å²) >= 11 is 15.2. The molecule has 0 radical (unpaired) electrons. The second kappa shape index (κ2) is 12.5. The number of amides is 2. The highest BCUT2D eigenvalue weighted by atomic mass is 127. The molecule has 0 atom stereocenters. The number of thioether (sulfide) groups is 1. The molecule has 2 aromatic carbocycles. The van der Waals surface area contributed by atoms with Crippen LogP contribution in [0.2, 0.25) is 10.0 Å². The number of halogens is 3. The third-order valence-corrected chi connectivity index (χ3v) is 7.55. The van der Waals surface area contributed by atoms with E-state index in [0.717, 1.165) is 25.8 Å². The zero-order valence-corrected chi connectivity index (χ0v) is 24.6. The summed E-state index contributed by atoms with van der Waals surface area (Å²) in [5.74, 6) is 0.173. The first kappa shape index (κ1) is 28.3. The zero-order chi connectivity index (χ0) is 27.4. The molecule has 2 amide bonds. The second-order valence-corrected chi connectivity index (χ2v) is 10.8. The smallest absolute Gasteiger partial charge is 0.373 e. The normalized spacial score (nSPS) is 14.3. The van der Waals surface area contributed by atoms with Gasteiger partial charge in [-0.25, -0.2) is 4.79 Å². The van der Waals surface area contributed by atoms with Gasteiger partial charge >= 0.3 is 5.97 Å². The van der Waals surface area contributed by atoms with Crippen molar-refractivity contribution in [1.82, 2.24) is 4.90 Å². The number of methoxy groups -OCH3 is 1. The molecule has 1 aliphatic heterocycles. The Morgan fingerprint density at radius 2 is 1.92 bits per heavy atom. The monoisotopic (exact) mass is 687 g/mol. The van der Waals surface area contributed by atoms with Crippen LogP contribution in [-0.2, 0) is 22.7 Å². The fourth-order valence-corrected chi connectivity index (χ4v) is 5.56. The molecule has 1 saturated heterocycles. The van der Waals surface area contributed by atoms with E-state index in [0.29, 0.717) is 33.7 Å². The maximum atomic E-state index is 13.0. The molecule has 0 N–H and O–H groups in total. The van der Waals surface area contributed by atoms with Crippen LogP contribution in [0.25, 0.3) is 6.08 Å². The lowest BCUT2D eigenvalue weighted by Gasteiger charge is -2.15. The number of imide groups is 1. The summed E-state index contributed by atoms with van der Waals surface area (Å²) in [6.45, 7) is 2.34. The molecule has 12 heteroatoms. The van der Waals surface area contributed by atoms with Gasteiger partial charge in [0.05, 0.1) is 28.7 Å². The van der Waals surface area contributed by atoms with Crippen molar-refractivity contribution in [3.63, 3.8) is 0 Å². The molecule has 0 saturated carbocycles. The van der Waals surface area contributed by atoms with Crippen LogP contribution in [0, 0.1) is 3.57 Å². The highest BCUT2D eigenvalue weighted by molar-refractivity contribution is 14.1. The van der Waals surface area contributed by atoms with Crippen LogP contribution in [0.15, 0.2) is 51.8 Å². The number of nitrogens with zero attached hydrogens (tertiary/aromatic N) is 1. The number of carbonyl (C=O) groups excluding carboxylic acids is 3. The Labute approximate surface area is 246 Å². The van der Waals surface area contributed by atoms with E-state index in [4.69, 9.17) is 37.1 Å². The Kier molecular flexibility index (Phi) is 9.29. The van der Waals surface area contributed by atoms with E-state index in [-0.39, 0.29) is 29.6 Å². The summed E-state index contributed by atoms with van der Waals surface area (Å²) in [6, 6.07) is 11.7. The van der Waals surface area contributed by atoms with Gasteiger partial charge in [0.2, 0.25) is 5.76 Å². The molecule has 0 spiro atoms. The minimum Gasteiger partial charge on any atom is -0.490 e. The van der Waals surface area contributed by atoms with Gasteiger partial charge in [0.15, 0.2) is 11.5 Å². The summed E-state index contributed by atoms with van der Waals surface area (Å²) in [6.07, 6.45) is 1.62. The topological polar surface area (TPSA) is 95.3 Å². The number of benzene rings is 2. The van der Waals surface area contributed by atoms with Crippen molar-refractivity contribution in [2.75, 3.05) is 13.7 Å². The molecule has 3 aromatic rings. The fraction of sp³-hybridized carbons (Fsp3) is 0.192. The van der Waals surface area contributed by atoms with Crippen molar-refractivity contribution in [3.05, 3.63) is 83.6 Å². The van der Waals surface area contributed by atoms with Gasteiger partial charge in [-0.3, -0.25) is 14.5 Å². The average molecular weight is 688 g/mol. The SMILES string of the molecule is CCOc1cc(/C=C2/SC(=O)N(Cc3ccc(C(=O)OC)o3)C2=O)cc(I)c1OCc1ccc(Cl)cc1Cl. The van der Waals surface area contributed by atoms with E-state index >= 15 is 0 Å². The zero-order valence-electron chi connectivity index (χ0n) is 20.1. The van der Waals surface area contributed by atoms with Crippen LogP contribution in [0.1, 0.15) is 34.4 Å². The Morgan fingerprint density at radius 3 is 2.63 bits per heavy atom. The largest absolute Gasteiger partial charge is 0.490 e. The number of esters is 1. The minimum absolute atomic E-state index is 0.0105. The minimum atomic E-state index is -0.645. The summed E-state index contributed by atoms with van der Waals surface area (Å²) < 4.78 is 22.6. The van der Waals surface area contributed by atoms with Crippen LogP contribution >= 0.6 is 57.6 Å². The van der Waals surface area contributed by atoms with Crippen molar-refractivity contribution in [2.45, 2.75) is 20.1 Å². The number of rotatable bonds is 9. The molecule has 4 rings (SSSR count). The molecule has 0 unspecified atom stereocenters. The van der Waals surface area contributed by atoms with Gasteiger partial charge in [-0.2, -0.15) is 0 Å². The first-order valence-corrected chi connectivity index (χ1v) is 13.8. The molecule has 1 fully saturated rings. The lowest BCUT2D eigenvalue weighted by molar-refractivity contribution is -0.123. The van der Waals surface area contributed by atoms with E-state index < -0.39 is 17.1 Å². The van der Waals surface area contributed by atoms with Crippen molar-refractivity contribution < 1.29 is 33.0 Å². The van der Waals surface area contributed by atoms with Gasteiger partial charge in [-0.1, -0.05) is 29.3 Å². The van der Waals surface area contributed by atoms with Crippen molar-refractivity contribution >= 4 is 80.7 Å². The molecular weight excluding hydrogens is 668 g/mol. The number of furan rings is 1.